The van der Waals surface area contributed by atoms with Crippen LogP contribution in [0.3, 0.4) is 0 Å². The van der Waals surface area contributed by atoms with E-state index in [-0.39, 0.29) is 73.9 Å². The first kappa shape index (κ1) is 33.3. The van der Waals surface area contributed by atoms with Crippen molar-refractivity contribution < 1.29 is 73.9 Å². The molecule has 0 nitrogen and oxygen atoms in total. The third kappa shape index (κ3) is 8.85. The zero-order valence-electron chi connectivity index (χ0n) is 1.39. The monoisotopic (exact) mass is 277 g/mol. The predicted octanol–water partition coefficient (Wildman–Crippen LogP) is -0.0100. The Bertz CT molecular complexity index is 8.00. The Morgan fingerprint density at radius 2 is 1.00 bits per heavy atom. The summed E-state index contributed by atoms with van der Waals surface area (Å²) in [4.78, 5) is 0. The van der Waals surface area contributed by atoms with E-state index in [4.69, 9.17) is 0 Å². The van der Waals surface area contributed by atoms with Crippen LogP contribution in [0.5, 0.6) is 0 Å². The molecule has 0 spiro atoms. The van der Waals surface area contributed by atoms with E-state index in [9.17, 15) is 0 Å². The van der Waals surface area contributed by atoms with Crippen LogP contribution in [0.2, 0.25) is 0 Å². The summed E-state index contributed by atoms with van der Waals surface area (Å²) in [6.07, 6.45) is 0. The minimum atomic E-state index is 0. The van der Waals surface area contributed by atoms with Crippen LogP contribution in [-0.2, 0) is 73.9 Å². The van der Waals surface area contributed by atoms with Crippen molar-refractivity contribution in [2.75, 3.05) is 0 Å². The quantitative estimate of drug-likeness (QED) is 0.547. The molecule has 0 unspecified atom stereocenters. The van der Waals surface area contributed by atoms with Gasteiger partial charge in [-0.3, -0.25) is 0 Å². The van der Waals surface area contributed by atoms with Crippen molar-refractivity contribution in [1.29, 1.82) is 0 Å². The summed E-state index contributed by atoms with van der Waals surface area (Å²) in [6.45, 7) is 0. The van der Waals surface area contributed by atoms with Gasteiger partial charge in [0.2, 0.25) is 0 Å². The first-order valence-corrected chi connectivity index (χ1v) is 0. The van der Waals surface area contributed by atoms with Crippen LogP contribution in [-0.4, -0.2) is 0 Å². The van der Waals surface area contributed by atoms with E-state index >= 15 is 0 Å². The van der Waals surface area contributed by atoms with Gasteiger partial charge in [-0.1, -0.05) is 0 Å². The van der Waals surface area contributed by atoms with Gasteiger partial charge in [0.05, 0.1) is 0 Å². The van der Waals surface area contributed by atoms with Crippen LogP contribution in [0, 0.1) is 0 Å². The van der Waals surface area contributed by atoms with E-state index in [0.717, 1.165) is 0 Å². The Morgan fingerprint density at radius 1 is 1.00 bits per heavy atom. The smallest absolute Gasteiger partial charge is 0 e. The minimum absolute atomic E-state index is 0. The molecule has 0 aliphatic carbocycles. The van der Waals surface area contributed by atoms with Crippen LogP contribution in [0.25, 0.3) is 0 Å². The molecule has 4 heteroatoms. The van der Waals surface area contributed by atoms with Gasteiger partial charge in [-0.2, -0.15) is 0 Å². The third-order valence-corrected chi connectivity index (χ3v) is 0. The van der Waals surface area contributed by atoms with Gasteiger partial charge in [-0.25, -0.2) is 0 Å². The van der Waals surface area contributed by atoms with Crippen LogP contribution >= 0.6 is 0 Å². The van der Waals surface area contributed by atoms with Gasteiger partial charge in [-0.05, 0) is 0 Å². The van der Waals surface area contributed by atoms with Crippen molar-refractivity contribution in [2.24, 2.45) is 0 Å². The molecule has 0 saturated heterocycles. The molecular weight excluding hydrogens is 278 g/mol. The van der Waals surface area contributed by atoms with E-state index < -0.39 is 0 Å². The molecule has 0 saturated carbocycles. The first-order valence-electron chi connectivity index (χ1n) is 0. The normalized spacial score (nSPS) is 0. The first-order chi connectivity index (χ1) is 0. The number of hydrogen-bond acceptors (Lipinski definition) is 0. The molecule has 0 aliphatic rings. The average Bonchev–Trinajstić information content (AvgIpc) is 0. The van der Waals surface area contributed by atoms with Crippen molar-refractivity contribution in [3.8, 4) is 0 Å². The molecule has 0 amide bonds. The molecule has 0 aromatic rings. The van der Waals surface area contributed by atoms with E-state index in [1.807, 2.05) is 0 Å². The summed E-state index contributed by atoms with van der Waals surface area (Å²) in [6, 6.07) is 0. The summed E-state index contributed by atoms with van der Waals surface area (Å²) >= 11 is 0. The molecular formula is AgCrCuMn. The Kier molecular flexibility index (Phi) is 154. The summed E-state index contributed by atoms with van der Waals surface area (Å²) in [7, 11) is 0. The van der Waals surface area contributed by atoms with Crippen molar-refractivity contribution in [2.45, 2.75) is 0 Å². The maximum Gasteiger partial charge on any atom is 0 e. The Labute approximate surface area is 73.1 Å². The van der Waals surface area contributed by atoms with Crippen molar-refractivity contribution >= 4 is 0 Å². The standard InChI is InChI=1S/Ag.Cr.Cu.Mn. The van der Waals surface area contributed by atoms with Crippen LogP contribution < -0.4 is 0 Å². The maximum absolute atomic E-state index is 0. The topological polar surface area (TPSA) is 0 Å². The van der Waals surface area contributed by atoms with E-state index in [1.165, 1.54) is 0 Å². The molecule has 3 radical (unpaired) electrons. The second-order valence-corrected chi connectivity index (χ2v) is 0. The maximum atomic E-state index is 0. The zero-order valence-corrected chi connectivity index (χ0v) is 6.27. The van der Waals surface area contributed by atoms with Crippen molar-refractivity contribution in [3.05, 3.63) is 0 Å². The van der Waals surface area contributed by atoms with Gasteiger partial charge in [0.25, 0.3) is 0 Å². The van der Waals surface area contributed by atoms with Crippen LogP contribution in [0.15, 0.2) is 0 Å². The fourth-order valence-electron chi connectivity index (χ4n) is 0. The average molecular weight is 278 g/mol. The van der Waals surface area contributed by atoms with E-state index in [2.05, 4.69) is 0 Å². The van der Waals surface area contributed by atoms with Gasteiger partial charge >= 0.3 is 0 Å². The van der Waals surface area contributed by atoms with Gasteiger partial charge in [0, 0.05) is 73.9 Å². The Morgan fingerprint density at radius 3 is 1.00 bits per heavy atom. The number of rotatable bonds is 0. The van der Waals surface area contributed by atoms with E-state index in [1.54, 1.807) is 0 Å². The van der Waals surface area contributed by atoms with Gasteiger partial charge in [-0.15, -0.1) is 0 Å². The minimum Gasteiger partial charge on any atom is 0 e. The van der Waals surface area contributed by atoms with Crippen LogP contribution in [0.4, 0.5) is 0 Å². The second-order valence-electron chi connectivity index (χ2n) is 0. The zero-order chi connectivity index (χ0) is 0. The van der Waals surface area contributed by atoms with Gasteiger partial charge < -0.3 is 0 Å². The van der Waals surface area contributed by atoms with Crippen molar-refractivity contribution in [3.63, 3.8) is 0 Å². The van der Waals surface area contributed by atoms with Gasteiger partial charge in [0.15, 0.2) is 0 Å². The van der Waals surface area contributed by atoms with Gasteiger partial charge in [0.1, 0.15) is 0 Å². The SMILES string of the molecule is [Ag].[Cr].[Cu].[Mn]. The molecule has 0 aromatic carbocycles. The summed E-state index contributed by atoms with van der Waals surface area (Å²) < 4.78 is 0. The summed E-state index contributed by atoms with van der Waals surface area (Å²) in [5.41, 5.74) is 0. The summed E-state index contributed by atoms with van der Waals surface area (Å²) in [5.74, 6) is 0. The fraction of sp³-hybridized carbons (Fsp3) is 0. The van der Waals surface area contributed by atoms with Crippen molar-refractivity contribution in [1.82, 2.24) is 0 Å². The molecule has 4 heavy (non-hydrogen) atoms. The molecule has 0 atom stereocenters. The molecule has 0 rings (SSSR count). The number of hydrogen-bond donors (Lipinski definition) is 0. The largest absolute Gasteiger partial charge is 0 e. The molecule has 0 N–H and O–H groups in total. The predicted molar refractivity (Wildman–Crippen MR) is 0 cm³/mol. The molecule has 35 valence electrons. The fourth-order valence-corrected chi connectivity index (χ4v) is 0. The van der Waals surface area contributed by atoms with Crippen LogP contribution in [0.1, 0.15) is 0 Å². The molecule has 0 aliphatic heterocycles. The Balaban J connectivity index is 0. The Hall–Kier alpha value is 2.31. The molecule has 0 fully saturated rings. The molecule has 0 bridgehead atoms. The third-order valence-electron chi connectivity index (χ3n) is 0. The summed E-state index contributed by atoms with van der Waals surface area (Å²) in [5, 5.41) is 0. The molecule has 0 aromatic heterocycles. The second kappa shape index (κ2) is 18.5. The van der Waals surface area contributed by atoms with E-state index in [0.29, 0.717) is 0 Å². The molecule has 0 heterocycles.